The number of anilines is 3. The summed E-state index contributed by atoms with van der Waals surface area (Å²) in [5.41, 5.74) is 10.9. The summed E-state index contributed by atoms with van der Waals surface area (Å²) in [6.07, 6.45) is 6.44. The number of hydrogen-bond acceptors (Lipinski definition) is 2. The van der Waals surface area contributed by atoms with Crippen molar-refractivity contribution in [2.45, 2.75) is 51.4 Å². The van der Waals surface area contributed by atoms with Crippen LogP contribution in [0.2, 0.25) is 0 Å². The molecule has 0 radical (unpaired) electrons. The lowest BCUT2D eigenvalue weighted by molar-refractivity contribution is 0.299. The molecule has 0 N–H and O–H groups in total. The van der Waals surface area contributed by atoms with Crippen LogP contribution in [0.4, 0.5) is 17.1 Å². The van der Waals surface area contributed by atoms with Crippen LogP contribution in [0, 0.1) is 0 Å². The number of rotatable bonds is 3. The molecule has 0 bridgehead atoms. The predicted octanol–water partition coefficient (Wildman–Crippen LogP) is 12.4. The molecule has 0 unspecified atom stereocenters. The zero-order valence-electron chi connectivity index (χ0n) is 26.9. The van der Waals surface area contributed by atoms with Gasteiger partial charge in [0.2, 0.25) is 0 Å². The van der Waals surface area contributed by atoms with Crippen molar-refractivity contribution in [2.24, 2.45) is 0 Å². The number of furan rings is 1. The maximum atomic E-state index is 6.39. The fourth-order valence-corrected chi connectivity index (χ4v) is 8.02. The summed E-state index contributed by atoms with van der Waals surface area (Å²) in [4.78, 5) is 2.38. The molecule has 2 nitrogen and oxygen atoms in total. The SMILES string of the molecule is CC1(C)c2cc(N(c3ccccc3)c3ccc4c5c(oc4c3)C=CCC5)ccc2-c2cc3ccc4ccccc4c3cc2C1(C)C. The van der Waals surface area contributed by atoms with E-state index in [0.29, 0.717) is 0 Å². The van der Waals surface area contributed by atoms with E-state index in [1.54, 1.807) is 0 Å². The summed E-state index contributed by atoms with van der Waals surface area (Å²) in [6, 6.07) is 42.7. The van der Waals surface area contributed by atoms with Gasteiger partial charge in [0.1, 0.15) is 11.3 Å². The Labute approximate surface area is 270 Å². The van der Waals surface area contributed by atoms with Crippen LogP contribution < -0.4 is 4.90 Å². The fourth-order valence-electron chi connectivity index (χ4n) is 8.02. The van der Waals surface area contributed by atoms with Gasteiger partial charge in [-0.2, -0.15) is 0 Å². The maximum Gasteiger partial charge on any atom is 0.137 e. The van der Waals surface area contributed by atoms with Crippen molar-refractivity contribution < 1.29 is 4.42 Å². The summed E-state index contributed by atoms with van der Waals surface area (Å²) in [7, 11) is 0. The van der Waals surface area contributed by atoms with Crippen LogP contribution in [-0.4, -0.2) is 0 Å². The van der Waals surface area contributed by atoms with E-state index in [4.69, 9.17) is 4.42 Å². The van der Waals surface area contributed by atoms with Crippen LogP contribution in [0.1, 0.15) is 56.6 Å². The largest absolute Gasteiger partial charge is 0.456 e. The Balaban J connectivity index is 1.25. The van der Waals surface area contributed by atoms with Crippen LogP contribution in [0.25, 0.3) is 49.7 Å². The van der Waals surface area contributed by atoms with E-state index in [1.807, 2.05) is 0 Å². The van der Waals surface area contributed by atoms with Crippen LogP contribution in [-0.2, 0) is 17.3 Å². The smallest absolute Gasteiger partial charge is 0.137 e. The van der Waals surface area contributed by atoms with Crippen molar-refractivity contribution in [3.05, 3.63) is 144 Å². The molecule has 224 valence electrons. The third-order valence-corrected chi connectivity index (χ3v) is 11.3. The number of aryl methyl sites for hydroxylation is 1. The first-order valence-corrected chi connectivity index (χ1v) is 16.5. The maximum absolute atomic E-state index is 6.39. The van der Waals surface area contributed by atoms with E-state index in [1.165, 1.54) is 54.7 Å². The van der Waals surface area contributed by atoms with E-state index >= 15 is 0 Å². The molecule has 2 aliphatic rings. The lowest BCUT2D eigenvalue weighted by Gasteiger charge is -2.48. The number of para-hydroxylation sites is 1. The molecule has 0 atom stereocenters. The lowest BCUT2D eigenvalue weighted by atomic mass is 9.55. The highest BCUT2D eigenvalue weighted by Gasteiger charge is 2.46. The van der Waals surface area contributed by atoms with Gasteiger partial charge in [0.25, 0.3) is 0 Å². The first-order chi connectivity index (χ1) is 22.3. The minimum atomic E-state index is -0.123. The molecule has 7 aromatic rings. The Morgan fingerprint density at radius 2 is 1.28 bits per heavy atom. The minimum absolute atomic E-state index is 0.101. The van der Waals surface area contributed by atoms with Crippen molar-refractivity contribution in [2.75, 3.05) is 4.90 Å². The van der Waals surface area contributed by atoms with Crippen LogP contribution >= 0.6 is 0 Å². The van der Waals surface area contributed by atoms with Gasteiger partial charge in [-0.05, 0) is 122 Å². The summed E-state index contributed by atoms with van der Waals surface area (Å²) in [5.74, 6) is 1.00. The molecule has 0 saturated heterocycles. The average molecular weight is 596 g/mol. The number of benzene rings is 6. The Hall–Kier alpha value is -5.08. The summed E-state index contributed by atoms with van der Waals surface area (Å²) in [5, 5.41) is 6.46. The first kappa shape index (κ1) is 27.2. The van der Waals surface area contributed by atoms with Crippen LogP contribution in [0.15, 0.2) is 126 Å². The molecule has 6 aromatic carbocycles. The van der Waals surface area contributed by atoms with Crippen molar-refractivity contribution in [3.8, 4) is 11.1 Å². The van der Waals surface area contributed by atoms with Gasteiger partial charge in [-0.3, -0.25) is 0 Å². The van der Waals surface area contributed by atoms with Crippen molar-refractivity contribution in [3.63, 3.8) is 0 Å². The van der Waals surface area contributed by atoms with Crippen LogP contribution in [0.3, 0.4) is 0 Å². The molecule has 2 heteroatoms. The minimum Gasteiger partial charge on any atom is -0.456 e. The fraction of sp³-hybridized carbons (Fsp3) is 0.182. The van der Waals surface area contributed by atoms with Gasteiger partial charge in [-0.15, -0.1) is 0 Å². The second kappa shape index (κ2) is 9.71. The molecule has 1 heterocycles. The van der Waals surface area contributed by atoms with E-state index < -0.39 is 0 Å². The van der Waals surface area contributed by atoms with Gasteiger partial charge < -0.3 is 9.32 Å². The highest BCUT2D eigenvalue weighted by atomic mass is 16.3. The molecule has 0 aliphatic heterocycles. The van der Waals surface area contributed by atoms with Gasteiger partial charge in [-0.1, -0.05) is 94.4 Å². The van der Waals surface area contributed by atoms with Crippen molar-refractivity contribution in [1.82, 2.24) is 0 Å². The number of hydrogen-bond donors (Lipinski definition) is 0. The first-order valence-electron chi connectivity index (χ1n) is 16.5. The molecule has 2 aliphatic carbocycles. The predicted molar refractivity (Wildman–Crippen MR) is 195 cm³/mol. The molecule has 46 heavy (non-hydrogen) atoms. The van der Waals surface area contributed by atoms with Crippen molar-refractivity contribution in [1.29, 1.82) is 0 Å². The average Bonchev–Trinajstić information content (AvgIpc) is 3.45. The molecule has 1 aromatic heterocycles. The Morgan fingerprint density at radius 3 is 2.13 bits per heavy atom. The normalized spacial score (nSPS) is 15.9. The third kappa shape index (κ3) is 3.83. The van der Waals surface area contributed by atoms with Crippen molar-refractivity contribution >= 4 is 55.7 Å². The van der Waals surface area contributed by atoms with Gasteiger partial charge in [0.15, 0.2) is 0 Å². The summed E-state index contributed by atoms with van der Waals surface area (Å²) < 4.78 is 6.39. The standard InChI is InChI=1S/C44H37NO/c1-43(2)39-25-31(45(30-13-6-5-7-14-30)32-21-23-36-35-16-10-11-17-41(35)46-42(36)26-32)20-22-34(39)38-24-29-19-18-28-12-8-9-15-33(28)37(29)27-40(38)44(43,3)4/h5-9,11-15,17-27H,10,16H2,1-4H3. The molecule has 0 amide bonds. The van der Waals surface area contributed by atoms with Gasteiger partial charge >= 0.3 is 0 Å². The quantitative estimate of drug-likeness (QED) is 0.189. The molecule has 0 spiro atoms. The molecule has 9 rings (SSSR count). The Kier molecular flexibility index (Phi) is 5.75. The topological polar surface area (TPSA) is 16.4 Å². The summed E-state index contributed by atoms with van der Waals surface area (Å²) >= 11 is 0. The monoisotopic (exact) mass is 595 g/mol. The second-order valence-corrected chi connectivity index (χ2v) is 14.1. The zero-order valence-corrected chi connectivity index (χ0v) is 26.9. The molecular weight excluding hydrogens is 558 g/mol. The Morgan fingerprint density at radius 1 is 0.565 bits per heavy atom. The van der Waals surface area contributed by atoms with E-state index in [2.05, 4.69) is 160 Å². The van der Waals surface area contributed by atoms with E-state index in [9.17, 15) is 0 Å². The Bertz CT molecular complexity index is 2370. The molecule has 0 saturated carbocycles. The second-order valence-electron chi connectivity index (χ2n) is 14.1. The highest BCUT2D eigenvalue weighted by molar-refractivity contribution is 6.09. The zero-order chi connectivity index (χ0) is 31.2. The molecule has 0 fully saturated rings. The van der Waals surface area contributed by atoms with Gasteiger partial charge in [0.05, 0.1) is 0 Å². The molecular formula is C44H37NO. The highest BCUT2D eigenvalue weighted by Crippen LogP contribution is 2.56. The van der Waals surface area contributed by atoms with Gasteiger partial charge in [0, 0.05) is 34.1 Å². The lowest BCUT2D eigenvalue weighted by Crippen LogP contribution is -2.43. The van der Waals surface area contributed by atoms with E-state index in [-0.39, 0.29) is 10.8 Å². The number of fused-ring (bicyclic) bond motifs is 9. The summed E-state index contributed by atoms with van der Waals surface area (Å²) in [6.45, 7) is 9.69. The van der Waals surface area contributed by atoms with Crippen LogP contribution in [0.5, 0.6) is 0 Å². The number of allylic oxidation sites excluding steroid dienone is 1. The van der Waals surface area contributed by atoms with Gasteiger partial charge in [-0.25, -0.2) is 0 Å². The third-order valence-electron chi connectivity index (χ3n) is 11.3. The number of nitrogens with zero attached hydrogens (tertiary/aromatic N) is 1. The van der Waals surface area contributed by atoms with E-state index in [0.717, 1.165) is 41.2 Å².